The molecule has 0 spiro atoms. The number of rotatable bonds is 4. The van der Waals surface area contributed by atoms with Crippen molar-refractivity contribution in [1.82, 2.24) is 9.78 Å². The Bertz CT molecular complexity index is 486. The van der Waals surface area contributed by atoms with Crippen LogP contribution in [-0.4, -0.2) is 34.4 Å². The van der Waals surface area contributed by atoms with Crippen LogP contribution in [0.3, 0.4) is 0 Å². The molecular formula is C10H14BrN3O3. The molecule has 1 unspecified atom stereocenters. The zero-order chi connectivity index (χ0) is 13.2. The highest BCUT2D eigenvalue weighted by Gasteiger charge is 2.17. The molecule has 7 heteroatoms. The van der Waals surface area contributed by atoms with Crippen molar-refractivity contribution in [2.24, 2.45) is 13.0 Å². The van der Waals surface area contributed by atoms with E-state index in [-0.39, 0.29) is 5.56 Å². The van der Waals surface area contributed by atoms with Gasteiger partial charge >= 0.3 is 5.97 Å². The molecule has 0 aromatic carbocycles. The highest BCUT2D eigenvalue weighted by atomic mass is 79.9. The molecule has 17 heavy (non-hydrogen) atoms. The second-order valence-electron chi connectivity index (χ2n) is 3.89. The van der Waals surface area contributed by atoms with Gasteiger partial charge < -0.3 is 10.0 Å². The van der Waals surface area contributed by atoms with Gasteiger partial charge in [-0.15, -0.1) is 0 Å². The maximum absolute atomic E-state index is 11.6. The number of aromatic nitrogens is 2. The summed E-state index contributed by atoms with van der Waals surface area (Å²) in [6.07, 6.45) is 1.53. The molecular weight excluding hydrogens is 290 g/mol. The lowest BCUT2D eigenvalue weighted by atomic mass is 10.2. The van der Waals surface area contributed by atoms with Gasteiger partial charge in [-0.25, -0.2) is 4.68 Å². The van der Waals surface area contributed by atoms with Crippen LogP contribution in [0.2, 0.25) is 0 Å². The molecule has 6 nitrogen and oxygen atoms in total. The predicted octanol–water partition coefficient (Wildman–Crippen LogP) is 0.700. The number of aryl methyl sites for hydroxylation is 1. The van der Waals surface area contributed by atoms with E-state index in [0.717, 1.165) is 0 Å². The van der Waals surface area contributed by atoms with Gasteiger partial charge in [0.05, 0.1) is 17.8 Å². The lowest BCUT2D eigenvalue weighted by Gasteiger charge is -2.22. The summed E-state index contributed by atoms with van der Waals surface area (Å²) in [5.41, 5.74) is 0.332. The molecule has 0 amide bonds. The molecule has 0 fully saturated rings. The van der Waals surface area contributed by atoms with Crippen LogP contribution < -0.4 is 10.5 Å². The third-order valence-corrected chi connectivity index (χ3v) is 3.19. The van der Waals surface area contributed by atoms with E-state index in [1.165, 1.54) is 10.9 Å². The SMILES string of the molecule is CC(CN(C)c1cnn(C)c(=O)c1Br)C(=O)O. The van der Waals surface area contributed by atoms with Crippen LogP contribution in [-0.2, 0) is 11.8 Å². The number of carbonyl (C=O) groups is 1. The Morgan fingerprint density at radius 2 is 2.29 bits per heavy atom. The summed E-state index contributed by atoms with van der Waals surface area (Å²) < 4.78 is 1.59. The third-order valence-electron chi connectivity index (χ3n) is 2.44. The summed E-state index contributed by atoms with van der Waals surface area (Å²) in [6.45, 7) is 1.92. The van der Waals surface area contributed by atoms with E-state index in [9.17, 15) is 9.59 Å². The van der Waals surface area contributed by atoms with Crippen molar-refractivity contribution >= 4 is 27.6 Å². The molecule has 0 aliphatic heterocycles. The minimum absolute atomic E-state index is 0.252. The van der Waals surface area contributed by atoms with Gasteiger partial charge in [0.1, 0.15) is 4.47 Å². The minimum Gasteiger partial charge on any atom is -0.481 e. The summed E-state index contributed by atoms with van der Waals surface area (Å²) in [6, 6.07) is 0. The Labute approximate surface area is 107 Å². The van der Waals surface area contributed by atoms with Crippen LogP contribution in [0.1, 0.15) is 6.92 Å². The molecule has 94 valence electrons. The Hall–Kier alpha value is -1.37. The van der Waals surface area contributed by atoms with E-state index in [1.54, 1.807) is 25.9 Å². The number of carboxylic acid groups (broad SMARTS) is 1. The molecule has 1 N–H and O–H groups in total. The van der Waals surface area contributed by atoms with Crippen molar-refractivity contribution in [2.45, 2.75) is 6.92 Å². The summed E-state index contributed by atoms with van der Waals surface area (Å²) in [4.78, 5) is 24.1. The average molecular weight is 304 g/mol. The second kappa shape index (κ2) is 5.31. The van der Waals surface area contributed by atoms with Crippen molar-refractivity contribution in [2.75, 3.05) is 18.5 Å². The predicted molar refractivity (Wildman–Crippen MR) is 67.2 cm³/mol. The van der Waals surface area contributed by atoms with Gasteiger partial charge in [0.2, 0.25) is 0 Å². The van der Waals surface area contributed by atoms with Crippen molar-refractivity contribution in [1.29, 1.82) is 0 Å². The summed E-state index contributed by atoms with van der Waals surface area (Å²) >= 11 is 3.20. The molecule has 1 aromatic heterocycles. The Kier molecular flexibility index (Phi) is 4.28. The molecule has 1 rings (SSSR count). The first-order valence-electron chi connectivity index (χ1n) is 5.00. The molecule has 0 aliphatic carbocycles. The Morgan fingerprint density at radius 3 is 2.82 bits per heavy atom. The number of hydrogen-bond acceptors (Lipinski definition) is 4. The Balaban J connectivity index is 2.98. The van der Waals surface area contributed by atoms with Crippen molar-refractivity contribution in [3.8, 4) is 0 Å². The van der Waals surface area contributed by atoms with Gasteiger partial charge in [-0.1, -0.05) is 6.92 Å². The van der Waals surface area contributed by atoms with Crippen molar-refractivity contribution in [3.63, 3.8) is 0 Å². The number of aliphatic carboxylic acids is 1. The van der Waals surface area contributed by atoms with Gasteiger partial charge in [-0.2, -0.15) is 5.10 Å². The van der Waals surface area contributed by atoms with Crippen LogP contribution in [0.4, 0.5) is 5.69 Å². The first kappa shape index (κ1) is 13.7. The van der Waals surface area contributed by atoms with Crippen molar-refractivity contribution < 1.29 is 9.90 Å². The lowest BCUT2D eigenvalue weighted by Crippen LogP contribution is -2.31. The topological polar surface area (TPSA) is 75.4 Å². The van der Waals surface area contributed by atoms with Crippen LogP contribution in [0.25, 0.3) is 0 Å². The van der Waals surface area contributed by atoms with Gasteiger partial charge in [-0.3, -0.25) is 9.59 Å². The highest BCUT2D eigenvalue weighted by molar-refractivity contribution is 9.10. The van der Waals surface area contributed by atoms with E-state index < -0.39 is 11.9 Å². The zero-order valence-corrected chi connectivity index (χ0v) is 11.4. The third kappa shape index (κ3) is 3.06. The first-order valence-corrected chi connectivity index (χ1v) is 5.79. The molecule has 1 atom stereocenters. The molecule has 1 heterocycles. The number of anilines is 1. The smallest absolute Gasteiger partial charge is 0.308 e. The van der Waals surface area contributed by atoms with Crippen LogP contribution in [0, 0.1) is 5.92 Å². The van der Waals surface area contributed by atoms with E-state index in [4.69, 9.17) is 5.11 Å². The fourth-order valence-electron chi connectivity index (χ4n) is 1.36. The van der Waals surface area contributed by atoms with E-state index in [2.05, 4.69) is 21.0 Å². The highest BCUT2D eigenvalue weighted by Crippen LogP contribution is 2.20. The van der Waals surface area contributed by atoms with Crippen molar-refractivity contribution in [3.05, 3.63) is 21.0 Å². The lowest BCUT2D eigenvalue weighted by molar-refractivity contribution is -0.140. The van der Waals surface area contributed by atoms with Crippen LogP contribution in [0.5, 0.6) is 0 Å². The molecule has 1 aromatic rings. The zero-order valence-electron chi connectivity index (χ0n) is 9.85. The fourth-order valence-corrected chi connectivity index (χ4v) is 2.02. The Morgan fingerprint density at radius 1 is 1.71 bits per heavy atom. The number of hydrogen-bond donors (Lipinski definition) is 1. The second-order valence-corrected chi connectivity index (χ2v) is 4.69. The van der Waals surface area contributed by atoms with Gasteiger partial charge in [0, 0.05) is 20.6 Å². The van der Waals surface area contributed by atoms with Crippen LogP contribution in [0.15, 0.2) is 15.5 Å². The number of halogens is 1. The summed E-state index contributed by atoms with van der Waals surface area (Å²) in [5.74, 6) is -1.39. The molecule has 0 saturated heterocycles. The van der Waals surface area contributed by atoms with Gasteiger partial charge in [0.15, 0.2) is 0 Å². The monoisotopic (exact) mass is 303 g/mol. The largest absolute Gasteiger partial charge is 0.481 e. The first-order chi connectivity index (χ1) is 7.84. The van der Waals surface area contributed by atoms with Crippen LogP contribution >= 0.6 is 15.9 Å². The molecule has 0 bridgehead atoms. The quantitative estimate of drug-likeness (QED) is 0.886. The summed E-state index contributed by atoms with van der Waals surface area (Å²) in [5, 5.41) is 12.7. The standard InChI is InChI=1S/C10H14BrN3O3/c1-6(10(16)17)5-13(2)7-4-12-14(3)9(15)8(7)11/h4,6H,5H2,1-3H3,(H,16,17). The fraction of sp³-hybridized carbons (Fsp3) is 0.500. The average Bonchev–Trinajstić information content (AvgIpc) is 2.25. The van der Waals surface area contributed by atoms with E-state index in [0.29, 0.717) is 16.7 Å². The van der Waals surface area contributed by atoms with Gasteiger partial charge in [0.25, 0.3) is 5.56 Å². The minimum atomic E-state index is -0.871. The maximum atomic E-state index is 11.6. The molecule has 0 radical (unpaired) electrons. The van der Waals surface area contributed by atoms with Gasteiger partial charge in [-0.05, 0) is 15.9 Å². The normalized spacial score (nSPS) is 12.2. The van der Waals surface area contributed by atoms with E-state index >= 15 is 0 Å². The summed E-state index contributed by atoms with van der Waals surface area (Å²) in [7, 11) is 3.28. The maximum Gasteiger partial charge on any atom is 0.308 e. The molecule has 0 saturated carbocycles. The van der Waals surface area contributed by atoms with E-state index in [1.807, 2.05) is 0 Å². The number of carboxylic acids is 1. The number of nitrogens with zero attached hydrogens (tertiary/aromatic N) is 3. The molecule has 0 aliphatic rings.